The van der Waals surface area contributed by atoms with Crippen molar-refractivity contribution in [3.05, 3.63) is 65.7 Å². The van der Waals surface area contributed by atoms with E-state index in [0.717, 1.165) is 17.4 Å². The van der Waals surface area contributed by atoms with Gasteiger partial charge in [-0.15, -0.1) is 0 Å². The number of benzene rings is 2. The Morgan fingerprint density at radius 2 is 1.79 bits per heavy atom. The van der Waals surface area contributed by atoms with Gasteiger partial charge in [-0.25, -0.2) is 0 Å². The van der Waals surface area contributed by atoms with Gasteiger partial charge in [0.25, 0.3) is 0 Å². The molecule has 2 rings (SSSR count). The number of carbonyl (C=O) groups is 1. The fraction of sp³-hybridized carbons (Fsp3) is 0.318. The second-order valence-electron chi connectivity index (χ2n) is 7.13. The van der Waals surface area contributed by atoms with E-state index in [2.05, 4.69) is 0 Å². The van der Waals surface area contributed by atoms with Gasteiger partial charge in [0.15, 0.2) is 11.5 Å². The maximum atomic E-state index is 12.8. The summed E-state index contributed by atoms with van der Waals surface area (Å²) >= 11 is 0. The number of methoxy groups -OCH3 is 1. The van der Waals surface area contributed by atoms with Gasteiger partial charge in [0, 0.05) is 19.2 Å². The Morgan fingerprint density at radius 1 is 1.10 bits per heavy atom. The number of hydrogen-bond acceptors (Lipinski definition) is 5. The van der Waals surface area contributed by atoms with Crippen molar-refractivity contribution < 1.29 is 22.1 Å². The maximum absolute atomic E-state index is 12.8. The van der Waals surface area contributed by atoms with E-state index in [0.29, 0.717) is 18.8 Å². The summed E-state index contributed by atoms with van der Waals surface area (Å²) in [6.45, 7) is 4.95. The van der Waals surface area contributed by atoms with Gasteiger partial charge in [-0.05, 0) is 35.3 Å². The first-order valence-electron chi connectivity index (χ1n) is 9.26. The van der Waals surface area contributed by atoms with Crippen molar-refractivity contribution >= 4 is 22.1 Å². The molecule has 1 amide bonds. The molecule has 2 aromatic rings. The van der Waals surface area contributed by atoms with Crippen molar-refractivity contribution in [3.63, 3.8) is 0 Å². The Kier molecular flexibility index (Phi) is 7.84. The predicted octanol–water partition coefficient (Wildman–Crippen LogP) is 3.73. The van der Waals surface area contributed by atoms with Crippen molar-refractivity contribution in [3.8, 4) is 11.5 Å². The van der Waals surface area contributed by atoms with Crippen LogP contribution in [0.4, 0.5) is 0 Å². The van der Waals surface area contributed by atoms with Crippen LogP contribution < -0.4 is 8.92 Å². The molecule has 29 heavy (non-hydrogen) atoms. The monoisotopic (exact) mass is 417 g/mol. The SMILES string of the molecule is COc1ccc(CN(CC(C)C)C(=O)/C=C/c2ccccc2)cc1OS(C)(=O)=O. The van der Waals surface area contributed by atoms with Crippen molar-refractivity contribution in [2.75, 3.05) is 19.9 Å². The molecule has 7 heteroatoms. The molecule has 0 bridgehead atoms. The standard InChI is InChI=1S/C22H27NO5S/c1-17(2)15-23(22(24)13-11-18-8-6-5-7-9-18)16-19-10-12-20(27-3)21(14-19)28-29(4,25)26/h5-14,17H,15-16H2,1-4H3/b13-11+. The predicted molar refractivity (Wildman–Crippen MR) is 114 cm³/mol. The Balaban J connectivity index is 2.24. The molecule has 0 spiro atoms. The molecule has 0 aromatic heterocycles. The normalized spacial score (nSPS) is 11.6. The largest absolute Gasteiger partial charge is 0.493 e. The summed E-state index contributed by atoms with van der Waals surface area (Å²) in [4.78, 5) is 14.5. The van der Waals surface area contributed by atoms with Crippen molar-refractivity contribution in [1.82, 2.24) is 4.90 Å². The minimum absolute atomic E-state index is 0.101. The van der Waals surface area contributed by atoms with Crippen LogP contribution in [0.1, 0.15) is 25.0 Å². The van der Waals surface area contributed by atoms with Gasteiger partial charge in [-0.3, -0.25) is 4.79 Å². The highest BCUT2D eigenvalue weighted by atomic mass is 32.2. The van der Waals surface area contributed by atoms with Crippen LogP contribution in [-0.4, -0.2) is 39.1 Å². The van der Waals surface area contributed by atoms with Crippen molar-refractivity contribution in [2.45, 2.75) is 20.4 Å². The van der Waals surface area contributed by atoms with Gasteiger partial charge >= 0.3 is 10.1 Å². The fourth-order valence-electron chi connectivity index (χ4n) is 2.78. The van der Waals surface area contributed by atoms with Gasteiger partial charge in [0.2, 0.25) is 5.91 Å². The van der Waals surface area contributed by atoms with Crippen LogP contribution in [0.25, 0.3) is 6.08 Å². The number of nitrogens with zero attached hydrogens (tertiary/aromatic N) is 1. The molecule has 0 unspecified atom stereocenters. The van der Waals surface area contributed by atoms with E-state index >= 15 is 0 Å². The summed E-state index contributed by atoms with van der Waals surface area (Å²) < 4.78 is 33.2. The van der Waals surface area contributed by atoms with Crippen LogP contribution in [0.15, 0.2) is 54.6 Å². The second-order valence-corrected chi connectivity index (χ2v) is 8.70. The second kappa shape index (κ2) is 10.1. The Morgan fingerprint density at radius 3 is 2.38 bits per heavy atom. The third-order valence-corrected chi connectivity index (χ3v) is 4.44. The maximum Gasteiger partial charge on any atom is 0.306 e. The number of hydrogen-bond donors (Lipinski definition) is 0. The molecule has 0 aliphatic heterocycles. The zero-order valence-corrected chi connectivity index (χ0v) is 18.0. The minimum atomic E-state index is -3.70. The molecule has 0 fully saturated rings. The van der Waals surface area contributed by atoms with Gasteiger partial charge in [-0.1, -0.05) is 50.2 Å². The van der Waals surface area contributed by atoms with Crippen LogP contribution in [0.3, 0.4) is 0 Å². The molecular formula is C22H27NO5S. The summed E-state index contributed by atoms with van der Waals surface area (Å²) in [6.07, 6.45) is 4.30. The fourth-order valence-corrected chi connectivity index (χ4v) is 3.23. The summed E-state index contributed by atoms with van der Waals surface area (Å²) in [6, 6.07) is 14.6. The van der Waals surface area contributed by atoms with Crippen LogP contribution >= 0.6 is 0 Å². The number of carbonyl (C=O) groups excluding carboxylic acids is 1. The van der Waals surface area contributed by atoms with Crippen LogP contribution in [0.5, 0.6) is 11.5 Å². The van der Waals surface area contributed by atoms with Crippen molar-refractivity contribution in [1.29, 1.82) is 0 Å². The first-order chi connectivity index (χ1) is 13.7. The molecule has 0 N–H and O–H groups in total. The average Bonchev–Trinajstić information content (AvgIpc) is 2.65. The average molecular weight is 418 g/mol. The van der Waals surface area contributed by atoms with E-state index in [1.807, 2.05) is 44.2 Å². The molecule has 0 aliphatic rings. The van der Waals surface area contributed by atoms with Gasteiger partial charge in [-0.2, -0.15) is 8.42 Å². The molecular weight excluding hydrogens is 390 g/mol. The summed E-state index contributed by atoms with van der Waals surface area (Å²) in [5.41, 5.74) is 1.69. The topological polar surface area (TPSA) is 72.9 Å². The van der Waals surface area contributed by atoms with Gasteiger partial charge in [0.05, 0.1) is 13.4 Å². The van der Waals surface area contributed by atoms with Crippen LogP contribution in [0.2, 0.25) is 0 Å². The summed E-state index contributed by atoms with van der Waals surface area (Å²) in [7, 11) is -2.26. The highest BCUT2D eigenvalue weighted by Crippen LogP contribution is 2.29. The first kappa shape index (κ1) is 22.5. The Bertz CT molecular complexity index is 952. The molecule has 0 radical (unpaired) electrons. The molecule has 6 nitrogen and oxygen atoms in total. The smallest absolute Gasteiger partial charge is 0.306 e. The summed E-state index contributed by atoms with van der Waals surface area (Å²) in [5, 5.41) is 0. The molecule has 0 saturated heterocycles. The lowest BCUT2D eigenvalue weighted by Gasteiger charge is -2.24. The zero-order chi connectivity index (χ0) is 21.4. The lowest BCUT2D eigenvalue weighted by molar-refractivity contribution is -0.127. The van der Waals surface area contributed by atoms with E-state index < -0.39 is 10.1 Å². The number of amides is 1. The summed E-state index contributed by atoms with van der Waals surface area (Å²) in [5.74, 6) is 0.562. The Labute approximate surface area is 172 Å². The van der Waals surface area contributed by atoms with Gasteiger partial charge < -0.3 is 13.8 Å². The molecule has 2 aromatic carbocycles. The third kappa shape index (κ3) is 7.62. The minimum Gasteiger partial charge on any atom is -0.493 e. The molecule has 0 atom stereocenters. The van der Waals surface area contributed by atoms with E-state index in [4.69, 9.17) is 8.92 Å². The lowest BCUT2D eigenvalue weighted by Crippen LogP contribution is -2.32. The lowest BCUT2D eigenvalue weighted by atomic mass is 10.1. The molecule has 0 heterocycles. The number of rotatable bonds is 9. The Hall–Kier alpha value is -2.80. The van der Waals surface area contributed by atoms with E-state index in [9.17, 15) is 13.2 Å². The first-order valence-corrected chi connectivity index (χ1v) is 11.1. The van der Waals surface area contributed by atoms with Gasteiger partial charge in [0.1, 0.15) is 0 Å². The quantitative estimate of drug-likeness (QED) is 0.459. The third-order valence-electron chi connectivity index (χ3n) is 3.96. The van der Waals surface area contributed by atoms with Crippen molar-refractivity contribution in [2.24, 2.45) is 5.92 Å². The van der Waals surface area contributed by atoms with Crippen LogP contribution in [0, 0.1) is 5.92 Å². The van der Waals surface area contributed by atoms with E-state index in [-0.39, 0.29) is 17.6 Å². The highest BCUT2D eigenvalue weighted by Gasteiger charge is 2.16. The zero-order valence-electron chi connectivity index (χ0n) is 17.2. The highest BCUT2D eigenvalue weighted by molar-refractivity contribution is 7.86. The molecule has 156 valence electrons. The van der Waals surface area contributed by atoms with Crippen LogP contribution in [-0.2, 0) is 21.5 Å². The van der Waals surface area contributed by atoms with E-state index in [1.165, 1.54) is 7.11 Å². The molecule has 0 aliphatic carbocycles. The van der Waals surface area contributed by atoms with E-state index in [1.54, 1.807) is 35.3 Å². The molecule has 0 saturated carbocycles. The number of ether oxygens (including phenoxy) is 1.